The van der Waals surface area contributed by atoms with E-state index in [0.717, 1.165) is 85.3 Å². The number of aromatic nitrogens is 3. The van der Waals surface area contributed by atoms with Crippen molar-refractivity contribution in [2.45, 2.75) is 77.6 Å². The molecule has 2 aromatic heterocycles. The second kappa shape index (κ2) is 16.9. The second-order valence-electron chi connectivity index (χ2n) is 19.8. The van der Waals surface area contributed by atoms with Crippen LogP contribution in [0.5, 0.6) is 5.75 Å². The summed E-state index contributed by atoms with van der Waals surface area (Å²) < 4.78 is 2.26. The van der Waals surface area contributed by atoms with E-state index in [1.807, 2.05) is 12.3 Å². The molecule has 1 N–H and O–H groups in total. The van der Waals surface area contributed by atoms with E-state index in [2.05, 4.69) is 217 Å². The molecule has 0 saturated carbocycles. The van der Waals surface area contributed by atoms with Crippen LogP contribution in [0, 0.1) is 6.07 Å². The monoisotopic (exact) mass is 1030 g/mol. The maximum absolute atomic E-state index is 12.6. The summed E-state index contributed by atoms with van der Waals surface area (Å²) in [4.78, 5) is 10.6. The molecular formula is C60H54N3OPt-. The Morgan fingerprint density at radius 3 is 1.88 bits per heavy atom. The fourth-order valence-corrected chi connectivity index (χ4v) is 9.71. The molecule has 0 amide bonds. The maximum atomic E-state index is 12.6. The van der Waals surface area contributed by atoms with Gasteiger partial charge >= 0.3 is 0 Å². The van der Waals surface area contributed by atoms with Crippen molar-refractivity contribution in [3.05, 3.63) is 193 Å². The Morgan fingerprint density at radius 2 is 1.17 bits per heavy atom. The number of phenolic OH excluding ortho intramolecular Hbond substituents is 1. The van der Waals surface area contributed by atoms with E-state index in [0.29, 0.717) is 11.6 Å². The summed E-state index contributed by atoms with van der Waals surface area (Å²) >= 11 is 0. The van der Waals surface area contributed by atoms with Gasteiger partial charge in [0.1, 0.15) is 11.6 Å². The molecule has 4 nitrogen and oxygen atoms in total. The van der Waals surface area contributed by atoms with Crippen molar-refractivity contribution in [2.75, 3.05) is 0 Å². The van der Waals surface area contributed by atoms with E-state index in [-0.39, 0.29) is 37.3 Å². The Morgan fingerprint density at radius 1 is 0.569 bits per heavy atom. The average Bonchev–Trinajstić information content (AvgIpc) is 3.70. The number of nitrogens with zero attached hydrogens (tertiary/aromatic N) is 3. The second-order valence-corrected chi connectivity index (χ2v) is 19.8. The van der Waals surface area contributed by atoms with E-state index in [9.17, 15) is 5.11 Å². The number of para-hydroxylation sites is 2. The van der Waals surface area contributed by atoms with Gasteiger partial charge in [-0.1, -0.05) is 187 Å². The molecule has 0 atom stereocenters. The van der Waals surface area contributed by atoms with Crippen LogP contribution >= 0.6 is 0 Å². The SMILES string of the molecule is CC(C)(C)c1cc(-c2cc(-c3ccc(-c4ccccc4)cc3)ccn2)[c-]c(-c2cccc3c2nc(-c2ccc4c(c2O)C(C)(C)CCC4(C)C)n3-c2ccccc2-c2ccccc2)c1.[Pt]. The van der Waals surface area contributed by atoms with Gasteiger partial charge in [0.25, 0.3) is 0 Å². The average molecular weight is 1030 g/mol. The Balaban J connectivity index is 0.00000533. The molecule has 0 fully saturated rings. The minimum absolute atomic E-state index is 0. The van der Waals surface area contributed by atoms with E-state index in [4.69, 9.17) is 9.97 Å². The first-order valence-electron chi connectivity index (χ1n) is 22.5. The number of imidazole rings is 1. The van der Waals surface area contributed by atoms with Crippen LogP contribution in [0.2, 0.25) is 0 Å². The molecule has 9 aromatic rings. The summed E-state index contributed by atoms with van der Waals surface area (Å²) in [5, 5.41) is 12.6. The molecule has 0 radical (unpaired) electrons. The van der Waals surface area contributed by atoms with Crippen LogP contribution in [0.25, 0.3) is 83.9 Å². The third-order valence-corrected chi connectivity index (χ3v) is 13.5. The molecule has 10 rings (SSSR count). The summed E-state index contributed by atoms with van der Waals surface area (Å²) in [7, 11) is 0. The van der Waals surface area contributed by atoms with Crippen molar-refractivity contribution in [1.29, 1.82) is 0 Å². The minimum Gasteiger partial charge on any atom is -0.507 e. The summed E-state index contributed by atoms with van der Waals surface area (Å²) in [5.74, 6) is 1.01. The zero-order valence-corrected chi connectivity index (χ0v) is 40.5. The van der Waals surface area contributed by atoms with E-state index in [1.165, 1.54) is 22.3 Å². The van der Waals surface area contributed by atoms with Gasteiger partial charge in [-0.2, -0.15) is 0 Å². The first-order valence-corrected chi connectivity index (χ1v) is 22.5. The van der Waals surface area contributed by atoms with Gasteiger partial charge in [-0.25, -0.2) is 4.98 Å². The third kappa shape index (κ3) is 8.08. The summed E-state index contributed by atoms with van der Waals surface area (Å²) in [5.41, 5.74) is 17.0. The van der Waals surface area contributed by atoms with Gasteiger partial charge in [0.2, 0.25) is 0 Å². The number of pyridine rings is 1. The largest absolute Gasteiger partial charge is 0.507 e. The molecule has 0 bridgehead atoms. The summed E-state index contributed by atoms with van der Waals surface area (Å²) in [6.07, 6.45) is 3.95. The first kappa shape index (κ1) is 43.9. The smallest absolute Gasteiger partial charge is 0.148 e. The van der Waals surface area contributed by atoms with Crippen LogP contribution in [-0.4, -0.2) is 19.6 Å². The number of rotatable bonds is 7. The van der Waals surface area contributed by atoms with E-state index < -0.39 is 0 Å². The van der Waals surface area contributed by atoms with Gasteiger partial charge in [0.05, 0.1) is 22.3 Å². The number of fused-ring (bicyclic) bond motifs is 2. The van der Waals surface area contributed by atoms with Gasteiger partial charge in [-0.15, -0.1) is 29.3 Å². The van der Waals surface area contributed by atoms with Crippen LogP contribution in [0.4, 0.5) is 0 Å². The van der Waals surface area contributed by atoms with E-state index >= 15 is 0 Å². The molecule has 0 aliphatic heterocycles. The van der Waals surface area contributed by atoms with Crippen molar-refractivity contribution >= 4 is 11.0 Å². The molecule has 5 heteroatoms. The molecule has 0 saturated heterocycles. The van der Waals surface area contributed by atoms with Crippen LogP contribution < -0.4 is 0 Å². The van der Waals surface area contributed by atoms with Crippen molar-refractivity contribution in [3.8, 4) is 78.6 Å². The van der Waals surface area contributed by atoms with Crippen LogP contribution in [-0.2, 0) is 37.3 Å². The van der Waals surface area contributed by atoms with Crippen molar-refractivity contribution < 1.29 is 26.2 Å². The van der Waals surface area contributed by atoms with Crippen LogP contribution in [0.1, 0.15) is 78.0 Å². The Kier molecular flexibility index (Phi) is 11.4. The number of aromatic hydroxyl groups is 1. The molecule has 1 aliphatic carbocycles. The van der Waals surface area contributed by atoms with Crippen molar-refractivity contribution in [2.24, 2.45) is 0 Å². The normalized spacial score (nSPS) is 14.1. The number of benzene rings is 7. The Bertz CT molecular complexity index is 3190. The molecule has 1 aliphatic rings. The Hall–Kier alpha value is -6.35. The number of phenols is 1. The zero-order valence-electron chi connectivity index (χ0n) is 38.2. The first-order chi connectivity index (χ1) is 30.8. The van der Waals surface area contributed by atoms with Crippen molar-refractivity contribution in [1.82, 2.24) is 14.5 Å². The van der Waals surface area contributed by atoms with Crippen molar-refractivity contribution in [3.63, 3.8) is 0 Å². The topological polar surface area (TPSA) is 50.9 Å². The molecule has 0 unspecified atom stereocenters. The minimum atomic E-state index is -0.204. The van der Waals surface area contributed by atoms with Gasteiger partial charge in [-0.3, -0.25) is 9.55 Å². The van der Waals surface area contributed by atoms with E-state index in [1.54, 1.807) is 0 Å². The number of hydrogen-bond acceptors (Lipinski definition) is 3. The van der Waals surface area contributed by atoms with Gasteiger partial charge in [0.15, 0.2) is 0 Å². The third-order valence-electron chi connectivity index (χ3n) is 13.5. The molecular weight excluding hydrogens is 974 g/mol. The summed E-state index contributed by atoms with van der Waals surface area (Å²) in [6, 6.07) is 61.7. The van der Waals surface area contributed by atoms with Gasteiger partial charge < -0.3 is 5.11 Å². The van der Waals surface area contributed by atoms with Gasteiger partial charge in [-0.05, 0) is 86.7 Å². The standard InChI is InChI=1S/C60H54N3O.Pt/c1-58(2,3)46-36-44(35-45(37-46)51-38-43(31-34-61-51)41-27-25-40(26-28-41)39-17-10-8-11-18-39)48-22-16-24-53-55(48)62-57(63(53)52-23-15-14-21-47(52)42-19-12-9-13-20-42)49-29-30-50-54(56(49)64)60(6,7)33-32-59(50,4)5;/h8-31,34,36-38,64H,32-33H2,1-7H3;/q-1;. The predicted molar refractivity (Wildman–Crippen MR) is 266 cm³/mol. The van der Waals surface area contributed by atoms with Crippen LogP contribution in [0.3, 0.4) is 0 Å². The fourth-order valence-electron chi connectivity index (χ4n) is 9.71. The molecule has 326 valence electrons. The van der Waals surface area contributed by atoms with Crippen LogP contribution in [0.15, 0.2) is 170 Å². The summed E-state index contributed by atoms with van der Waals surface area (Å²) in [6.45, 7) is 15.9. The maximum Gasteiger partial charge on any atom is 0.148 e. The quantitative estimate of drug-likeness (QED) is 0.162. The molecule has 2 heterocycles. The molecule has 65 heavy (non-hydrogen) atoms. The predicted octanol–water partition coefficient (Wildman–Crippen LogP) is 15.6. The Labute approximate surface area is 398 Å². The zero-order chi connectivity index (χ0) is 44.4. The molecule has 0 spiro atoms. The fraction of sp³-hybridized carbons (Fsp3) is 0.200. The number of hydrogen-bond donors (Lipinski definition) is 1. The molecule has 7 aromatic carbocycles. The van der Waals surface area contributed by atoms with Gasteiger partial charge in [0, 0.05) is 44.1 Å².